The van der Waals surface area contributed by atoms with Gasteiger partial charge in [-0.2, -0.15) is 52.7 Å². The van der Waals surface area contributed by atoms with Crippen LogP contribution in [0.5, 0.6) is 0 Å². The highest BCUT2D eigenvalue weighted by Gasteiger charge is 2.47. The van der Waals surface area contributed by atoms with Crippen LogP contribution in [0, 0.1) is 5.82 Å². The molecule has 0 bridgehead atoms. The number of fused-ring (bicyclic) bond motifs is 1. The molecule has 0 amide bonds. The Morgan fingerprint density at radius 2 is 1.46 bits per heavy atom. The number of pyridine rings is 1. The molecule has 0 spiro atoms. The highest BCUT2D eigenvalue weighted by atomic mass is 19.4. The second kappa shape index (κ2) is 9.11. The summed E-state index contributed by atoms with van der Waals surface area (Å²) in [6.07, 6.45) is -22.1. The first kappa shape index (κ1) is 28.2. The normalized spacial score (nSPS) is 16.3. The summed E-state index contributed by atoms with van der Waals surface area (Å²) in [6, 6.07) is 1.75. The monoisotopic (exact) mass is 579 g/mol. The molecule has 0 saturated carbocycles. The van der Waals surface area contributed by atoms with Crippen molar-refractivity contribution in [3.63, 3.8) is 0 Å². The van der Waals surface area contributed by atoms with E-state index in [2.05, 4.69) is 15.0 Å². The van der Waals surface area contributed by atoms with Crippen LogP contribution in [0.4, 0.5) is 68.6 Å². The van der Waals surface area contributed by atoms with Gasteiger partial charge in [0.05, 0.1) is 5.56 Å². The molecule has 1 aliphatic heterocycles. The Hall–Kier alpha value is -3.86. The van der Waals surface area contributed by atoms with Gasteiger partial charge in [-0.3, -0.25) is 4.98 Å². The maximum Gasteiger partial charge on any atom is 0.435 e. The van der Waals surface area contributed by atoms with Crippen molar-refractivity contribution < 1.29 is 57.1 Å². The lowest BCUT2D eigenvalue weighted by Crippen LogP contribution is -2.37. The maximum absolute atomic E-state index is 14.7. The van der Waals surface area contributed by atoms with Gasteiger partial charge in [0.2, 0.25) is 0 Å². The fourth-order valence-corrected chi connectivity index (χ4v) is 3.68. The number of aromatic nitrogens is 3. The SMILES string of the molecule is Fc1cc(C(F)(F)F)ccc1C1Nc2c(nc(-c3ccc(C(F)(F)F)nc3)nc2C(F)(F)F)N1CC(F)(F)F. The van der Waals surface area contributed by atoms with Gasteiger partial charge in [0.1, 0.15) is 29.9 Å². The summed E-state index contributed by atoms with van der Waals surface area (Å²) in [7, 11) is 0. The molecule has 0 aliphatic carbocycles. The second-order valence-electron chi connectivity index (χ2n) is 8.05. The summed E-state index contributed by atoms with van der Waals surface area (Å²) in [5, 5.41) is 2.00. The summed E-state index contributed by atoms with van der Waals surface area (Å²) in [4.78, 5) is 10.1. The molecule has 1 aliphatic rings. The van der Waals surface area contributed by atoms with Crippen LogP contribution in [0.1, 0.15) is 28.7 Å². The molecule has 18 heteroatoms. The third-order valence-corrected chi connectivity index (χ3v) is 5.31. The summed E-state index contributed by atoms with van der Waals surface area (Å²) in [6.45, 7) is -2.04. The van der Waals surface area contributed by atoms with E-state index >= 15 is 0 Å². The third-order valence-electron chi connectivity index (χ3n) is 5.31. The number of nitrogens with zero attached hydrogens (tertiary/aromatic N) is 4. The van der Waals surface area contributed by atoms with E-state index in [1.807, 2.05) is 5.32 Å². The Balaban J connectivity index is 1.88. The molecule has 1 N–H and O–H groups in total. The van der Waals surface area contributed by atoms with Crippen LogP contribution in [0.3, 0.4) is 0 Å². The molecule has 2 aromatic heterocycles. The first-order chi connectivity index (χ1) is 17.8. The van der Waals surface area contributed by atoms with E-state index in [0.717, 1.165) is 0 Å². The number of halogens is 13. The van der Waals surface area contributed by atoms with Gasteiger partial charge in [0, 0.05) is 17.3 Å². The molecular weight excluding hydrogens is 569 g/mol. The van der Waals surface area contributed by atoms with Gasteiger partial charge in [-0.05, 0) is 24.3 Å². The second-order valence-corrected chi connectivity index (χ2v) is 8.05. The zero-order chi connectivity index (χ0) is 29.1. The largest absolute Gasteiger partial charge is 0.435 e. The molecule has 1 unspecified atom stereocenters. The topological polar surface area (TPSA) is 53.9 Å². The lowest BCUT2D eigenvalue weighted by atomic mass is 10.1. The molecule has 3 heterocycles. The van der Waals surface area contributed by atoms with E-state index in [9.17, 15) is 57.1 Å². The van der Waals surface area contributed by atoms with Gasteiger partial charge in [-0.1, -0.05) is 6.07 Å². The number of alkyl halides is 12. The van der Waals surface area contributed by atoms with Gasteiger partial charge < -0.3 is 10.2 Å². The summed E-state index contributed by atoms with van der Waals surface area (Å²) < 4.78 is 174. The average molecular weight is 579 g/mol. The maximum atomic E-state index is 14.7. The molecule has 0 radical (unpaired) electrons. The van der Waals surface area contributed by atoms with E-state index in [1.54, 1.807) is 0 Å². The van der Waals surface area contributed by atoms with E-state index < -0.39 is 88.6 Å². The molecule has 4 rings (SSSR count). The first-order valence-electron chi connectivity index (χ1n) is 10.2. The quantitative estimate of drug-likeness (QED) is 0.332. The Morgan fingerprint density at radius 1 is 0.795 bits per heavy atom. The van der Waals surface area contributed by atoms with Crippen LogP contribution in [-0.4, -0.2) is 27.7 Å². The fraction of sp³-hybridized carbons (Fsp3) is 0.286. The highest BCUT2D eigenvalue weighted by Crippen LogP contribution is 2.48. The molecule has 0 fully saturated rings. The van der Waals surface area contributed by atoms with Crippen molar-refractivity contribution in [2.45, 2.75) is 30.9 Å². The molecule has 210 valence electrons. The average Bonchev–Trinajstić information content (AvgIpc) is 3.13. The van der Waals surface area contributed by atoms with Crippen molar-refractivity contribution >= 4 is 11.5 Å². The Bertz CT molecular complexity index is 1380. The van der Waals surface area contributed by atoms with Crippen LogP contribution >= 0.6 is 0 Å². The minimum Gasteiger partial charge on any atom is -0.357 e. The number of hydrogen-bond donors (Lipinski definition) is 1. The van der Waals surface area contributed by atoms with Crippen molar-refractivity contribution in [1.29, 1.82) is 0 Å². The van der Waals surface area contributed by atoms with Crippen LogP contribution in [0.25, 0.3) is 11.4 Å². The Labute approximate surface area is 208 Å². The smallest absolute Gasteiger partial charge is 0.357 e. The van der Waals surface area contributed by atoms with Crippen LogP contribution in [0.2, 0.25) is 0 Å². The first-order valence-corrected chi connectivity index (χ1v) is 10.2. The number of anilines is 2. The highest BCUT2D eigenvalue weighted by molar-refractivity contribution is 5.78. The predicted molar refractivity (Wildman–Crippen MR) is 106 cm³/mol. The van der Waals surface area contributed by atoms with E-state index in [1.165, 1.54) is 0 Å². The fourth-order valence-electron chi connectivity index (χ4n) is 3.68. The van der Waals surface area contributed by atoms with Crippen LogP contribution in [0.15, 0.2) is 36.5 Å². The van der Waals surface area contributed by atoms with Crippen LogP contribution < -0.4 is 10.2 Å². The van der Waals surface area contributed by atoms with E-state index in [-0.39, 0.29) is 11.0 Å². The zero-order valence-corrected chi connectivity index (χ0v) is 18.5. The standard InChI is InChI=1S/C21H10F13N5/c22-11-5-9(19(26,27)28)2-3-10(11)16-36-13-14(21(32,33)34)37-15(38-17(13)39(16)7-18(23,24)25)8-1-4-12(35-6-8)20(29,30)31/h1-6,16,36H,7H2. The molecule has 5 nitrogen and oxygen atoms in total. The van der Waals surface area contributed by atoms with Crippen molar-refractivity contribution in [2.75, 3.05) is 16.8 Å². The number of hydrogen-bond acceptors (Lipinski definition) is 5. The molecule has 39 heavy (non-hydrogen) atoms. The van der Waals surface area contributed by atoms with Crippen LogP contribution in [-0.2, 0) is 18.5 Å². The van der Waals surface area contributed by atoms with Gasteiger partial charge in [-0.15, -0.1) is 0 Å². The molecule has 0 saturated heterocycles. The summed E-state index contributed by atoms with van der Waals surface area (Å²) >= 11 is 0. The number of nitrogens with one attached hydrogen (secondary N) is 1. The minimum absolute atomic E-state index is 0.0403. The van der Waals surface area contributed by atoms with Crippen molar-refractivity contribution in [2.24, 2.45) is 0 Å². The van der Waals surface area contributed by atoms with E-state index in [0.29, 0.717) is 30.5 Å². The van der Waals surface area contributed by atoms with Gasteiger partial charge in [0.25, 0.3) is 0 Å². The summed E-state index contributed by atoms with van der Waals surface area (Å²) in [5.41, 5.74) is -7.36. The number of benzene rings is 1. The Kier molecular flexibility index (Phi) is 6.58. The lowest BCUT2D eigenvalue weighted by molar-refractivity contribution is -0.141. The van der Waals surface area contributed by atoms with E-state index in [4.69, 9.17) is 0 Å². The Morgan fingerprint density at radius 3 is 1.95 bits per heavy atom. The van der Waals surface area contributed by atoms with Crippen molar-refractivity contribution in [3.8, 4) is 11.4 Å². The summed E-state index contributed by atoms with van der Waals surface area (Å²) in [5.74, 6) is -3.73. The molecule has 1 atom stereocenters. The van der Waals surface area contributed by atoms with Gasteiger partial charge in [-0.25, -0.2) is 14.4 Å². The van der Waals surface area contributed by atoms with Gasteiger partial charge >= 0.3 is 24.7 Å². The molecule has 1 aromatic carbocycles. The predicted octanol–water partition coefficient (Wildman–Crippen LogP) is 7.23. The molecular formula is C21H10F13N5. The number of rotatable bonds is 3. The molecule has 3 aromatic rings. The lowest BCUT2D eigenvalue weighted by Gasteiger charge is -2.27. The van der Waals surface area contributed by atoms with Crippen molar-refractivity contribution in [3.05, 3.63) is 64.9 Å². The van der Waals surface area contributed by atoms with Gasteiger partial charge in [0.15, 0.2) is 17.3 Å². The van der Waals surface area contributed by atoms with Crippen molar-refractivity contribution in [1.82, 2.24) is 15.0 Å². The zero-order valence-electron chi connectivity index (χ0n) is 18.5. The third kappa shape index (κ3) is 5.78. The minimum atomic E-state index is -5.37.